The van der Waals surface area contributed by atoms with Gasteiger partial charge in [0.2, 0.25) is 5.91 Å². The molecule has 120 valence electrons. The summed E-state index contributed by atoms with van der Waals surface area (Å²) >= 11 is 0. The van der Waals surface area contributed by atoms with Crippen molar-refractivity contribution >= 4 is 17.6 Å². The van der Waals surface area contributed by atoms with Gasteiger partial charge in [0.05, 0.1) is 6.54 Å². The van der Waals surface area contributed by atoms with Crippen molar-refractivity contribution in [3.8, 4) is 0 Å². The van der Waals surface area contributed by atoms with E-state index in [-0.39, 0.29) is 11.9 Å². The topological polar surface area (TPSA) is 78.7 Å². The number of carbonyl (C=O) groups excluding carboxylic acids is 2. The highest BCUT2D eigenvalue weighted by Gasteiger charge is 2.25. The van der Waals surface area contributed by atoms with E-state index in [4.69, 9.17) is 5.84 Å². The summed E-state index contributed by atoms with van der Waals surface area (Å²) in [5.41, 5.74) is 1.65. The molecule has 0 aromatic heterocycles. The molecule has 0 unspecified atom stereocenters. The number of rotatable bonds is 4. The molecule has 0 atom stereocenters. The van der Waals surface area contributed by atoms with Gasteiger partial charge < -0.3 is 10.2 Å². The number of nitrogens with zero attached hydrogens (tertiary/aromatic N) is 2. The number of nitrogens with one attached hydrogen (secondary N) is 1. The standard InChI is InChI=1S/C16H24N4O2/c1-12(21)18-14-9-7-13(8-10-14)11-20(17)16(22)19(2)15-5-3-4-6-15/h7-10,15H,3-6,11,17H2,1-2H3,(H,18,21). The van der Waals surface area contributed by atoms with Gasteiger partial charge in [-0.3, -0.25) is 9.80 Å². The maximum atomic E-state index is 12.3. The number of carbonyl (C=O) groups is 2. The Labute approximate surface area is 131 Å². The lowest BCUT2D eigenvalue weighted by Crippen LogP contribution is -2.48. The van der Waals surface area contributed by atoms with Crippen LogP contribution in [0.1, 0.15) is 38.2 Å². The van der Waals surface area contributed by atoms with E-state index < -0.39 is 0 Å². The first-order chi connectivity index (χ1) is 10.5. The maximum absolute atomic E-state index is 12.3. The van der Waals surface area contributed by atoms with Crippen molar-refractivity contribution in [3.05, 3.63) is 29.8 Å². The molecule has 22 heavy (non-hydrogen) atoms. The number of urea groups is 1. The van der Waals surface area contributed by atoms with Gasteiger partial charge in [-0.1, -0.05) is 25.0 Å². The number of hydrogen-bond acceptors (Lipinski definition) is 3. The number of amides is 3. The predicted molar refractivity (Wildman–Crippen MR) is 85.9 cm³/mol. The van der Waals surface area contributed by atoms with Gasteiger partial charge in [0.1, 0.15) is 0 Å². The fraction of sp³-hybridized carbons (Fsp3) is 0.500. The molecule has 2 rings (SSSR count). The van der Waals surface area contributed by atoms with Crippen LogP contribution in [0.15, 0.2) is 24.3 Å². The molecule has 0 saturated heterocycles. The Kier molecular flexibility index (Phi) is 5.38. The summed E-state index contributed by atoms with van der Waals surface area (Å²) in [6.45, 7) is 1.81. The number of anilines is 1. The van der Waals surface area contributed by atoms with Gasteiger partial charge in [-0.15, -0.1) is 0 Å². The monoisotopic (exact) mass is 304 g/mol. The average Bonchev–Trinajstić information content (AvgIpc) is 3.01. The summed E-state index contributed by atoms with van der Waals surface area (Å²) < 4.78 is 0. The minimum atomic E-state index is -0.155. The average molecular weight is 304 g/mol. The quantitative estimate of drug-likeness (QED) is 0.509. The minimum Gasteiger partial charge on any atom is -0.326 e. The molecule has 3 N–H and O–H groups in total. The van der Waals surface area contributed by atoms with E-state index in [9.17, 15) is 9.59 Å². The summed E-state index contributed by atoms with van der Waals surface area (Å²) in [5.74, 6) is 5.80. The van der Waals surface area contributed by atoms with E-state index in [1.165, 1.54) is 24.8 Å². The van der Waals surface area contributed by atoms with Crippen LogP contribution >= 0.6 is 0 Å². The Morgan fingerprint density at radius 1 is 1.23 bits per heavy atom. The smallest absolute Gasteiger partial charge is 0.326 e. The molecule has 1 fully saturated rings. The molecule has 1 aliphatic rings. The summed E-state index contributed by atoms with van der Waals surface area (Å²) in [7, 11) is 1.82. The summed E-state index contributed by atoms with van der Waals surface area (Å²) in [5, 5.41) is 3.95. The highest BCUT2D eigenvalue weighted by atomic mass is 16.2. The molecular formula is C16H24N4O2. The van der Waals surface area contributed by atoms with Crippen molar-refractivity contribution in [3.63, 3.8) is 0 Å². The summed E-state index contributed by atoms with van der Waals surface area (Å²) in [4.78, 5) is 25.0. The second kappa shape index (κ2) is 7.26. The van der Waals surface area contributed by atoms with E-state index in [0.717, 1.165) is 24.1 Å². The number of benzene rings is 1. The lowest BCUT2D eigenvalue weighted by molar-refractivity contribution is -0.114. The third-order valence-corrected chi connectivity index (χ3v) is 4.05. The lowest BCUT2D eigenvalue weighted by Gasteiger charge is -2.29. The van der Waals surface area contributed by atoms with Crippen molar-refractivity contribution in [2.45, 2.75) is 45.2 Å². The van der Waals surface area contributed by atoms with E-state index >= 15 is 0 Å². The minimum absolute atomic E-state index is 0.110. The first kappa shape index (κ1) is 16.3. The summed E-state index contributed by atoms with van der Waals surface area (Å²) in [6, 6.07) is 7.46. The second-order valence-corrected chi connectivity index (χ2v) is 5.84. The molecule has 0 spiro atoms. The van der Waals surface area contributed by atoms with Gasteiger partial charge in [0, 0.05) is 25.7 Å². The molecular weight excluding hydrogens is 280 g/mol. The number of hydrazine groups is 1. The number of nitrogens with two attached hydrogens (primary N) is 1. The van der Waals surface area contributed by atoms with Crippen LogP contribution in [0.2, 0.25) is 0 Å². The molecule has 6 heteroatoms. The van der Waals surface area contributed by atoms with Crippen LogP contribution in [0.4, 0.5) is 10.5 Å². The van der Waals surface area contributed by atoms with Crippen LogP contribution in [0.3, 0.4) is 0 Å². The summed E-state index contributed by atoms with van der Waals surface area (Å²) in [6.07, 6.45) is 4.47. The molecule has 6 nitrogen and oxygen atoms in total. The van der Waals surface area contributed by atoms with Crippen LogP contribution in [-0.4, -0.2) is 34.9 Å². The van der Waals surface area contributed by atoms with Crippen LogP contribution in [0.5, 0.6) is 0 Å². The molecule has 1 saturated carbocycles. The zero-order chi connectivity index (χ0) is 16.1. The van der Waals surface area contributed by atoms with Gasteiger partial charge in [-0.2, -0.15) is 0 Å². The fourth-order valence-corrected chi connectivity index (χ4v) is 2.81. The molecule has 1 aliphatic carbocycles. The van der Waals surface area contributed by atoms with Gasteiger partial charge in [-0.05, 0) is 30.5 Å². The van der Waals surface area contributed by atoms with Crippen LogP contribution < -0.4 is 11.2 Å². The lowest BCUT2D eigenvalue weighted by atomic mass is 10.2. The first-order valence-electron chi connectivity index (χ1n) is 7.63. The van der Waals surface area contributed by atoms with Crippen molar-refractivity contribution in [1.82, 2.24) is 9.91 Å². The third kappa shape index (κ3) is 4.21. The normalized spacial score (nSPS) is 14.7. The largest absolute Gasteiger partial charge is 0.334 e. The van der Waals surface area contributed by atoms with Crippen molar-refractivity contribution in [1.29, 1.82) is 0 Å². The van der Waals surface area contributed by atoms with Gasteiger partial charge in [0.25, 0.3) is 0 Å². The van der Waals surface area contributed by atoms with E-state index in [1.807, 2.05) is 19.2 Å². The SMILES string of the molecule is CC(=O)Nc1ccc(CN(N)C(=O)N(C)C2CCCC2)cc1. The molecule has 0 bridgehead atoms. The molecule has 0 heterocycles. The number of hydrogen-bond donors (Lipinski definition) is 2. The highest BCUT2D eigenvalue weighted by molar-refractivity contribution is 5.88. The Hall–Kier alpha value is -2.08. The Morgan fingerprint density at radius 3 is 2.36 bits per heavy atom. The zero-order valence-corrected chi connectivity index (χ0v) is 13.2. The zero-order valence-electron chi connectivity index (χ0n) is 13.2. The van der Waals surface area contributed by atoms with Gasteiger partial charge in [0.15, 0.2) is 0 Å². The van der Waals surface area contributed by atoms with Crippen molar-refractivity contribution in [2.75, 3.05) is 12.4 Å². The molecule has 0 aliphatic heterocycles. The van der Waals surface area contributed by atoms with E-state index in [2.05, 4.69) is 5.32 Å². The Balaban J connectivity index is 1.91. The predicted octanol–water partition coefficient (Wildman–Crippen LogP) is 2.32. The first-order valence-corrected chi connectivity index (χ1v) is 7.63. The molecule has 0 radical (unpaired) electrons. The fourth-order valence-electron chi connectivity index (χ4n) is 2.81. The molecule has 1 aromatic rings. The Morgan fingerprint density at radius 2 is 1.82 bits per heavy atom. The van der Waals surface area contributed by atoms with Crippen molar-refractivity contribution in [2.24, 2.45) is 5.84 Å². The third-order valence-electron chi connectivity index (χ3n) is 4.05. The van der Waals surface area contributed by atoms with E-state index in [0.29, 0.717) is 12.6 Å². The second-order valence-electron chi connectivity index (χ2n) is 5.84. The highest BCUT2D eigenvalue weighted by Crippen LogP contribution is 2.23. The van der Waals surface area contributed by atoms with Crippen LogP contribution in [0.25, 0.3) is 0 Å². The van der Waals surface area contributed by atoms with Gasteiger partial charge >= 0.3 is 6.03 Å². The molecule has 1 aromatic carbocycles. The van der Waals surface area contributed by atoms with Crippen LogP contribution in [-0.2, 0) is 11.3 Å². The Bertz CT molecular complexity index is 523. The van der Waals surface area contributed by atoms with Gasteiger partial charge in [-0.25, -0.2) is 10.6 Å². The van der Waals surface area contributed by atoms with Crippen molar-refractivity contribution < 1.29 is 9.59 Å². The maximum Gasteiger partial charge on any atom is 0.334 e. The van der Waals surface area contributed by atoms with Crippen LogP contribution in [0, 0.1) is 0 Å². The molecule has 3 amide bonds. The van der Waals surface area contributed by atoms with E-state index in [1.54, 1.807) is 17.0 Å².